The normalized spacial score (nSPS) is 37.8. The van der Waals surface area contributed by atoms with E-state index in [0.29, 0.717) is 12.0 Å². The fourth-order valence-corrected chi connectivity index (χ4v) is 6.06. The molecule has 3 aliphatic rings. The number of ether oxygens (including phenoxy) is 7. The fraction of sp³-hybridized carbons (Fsp3) is 0.571. The van der Waals surface area contributed by atoms with Crippen LogP contribution < -0.4 is 0 Å². The predicted octanol–water partition coefficient (Wildman–Crippen LogP) is -1.87. The summed E-state index contributed by atoms with van der Waals surface area (Å²) < 4.78 is 39.6. The highest BCUT2D eigenvalue weighted by Gasteiger charge is 2.53. The summed E-state index contributed by atoms with van der Waals surface area (Å²) in [7, 11) is 0. The summed E-state index contributed by atoms with van der Waals surface area (Å²) >= 11 is 0. The molecule has 0 aromatic heterocycles. The number of aliphatic hydroxyl groups excluding tert-OH is 7. The molecule has 0 unspecified atom stereocenters. The number of aromatic hydroxyl groups is 3. The fourth-order valence-electron chi connectivity index (χ4n) is 6.06. The third-order valence-electron chi connectivity index (χ3n) is 9.22. The van der Waals surface area contributed by atoms with E-state index >= 15 is 0 Å². The lowest BCUT2D eigenvalue weighted by molar-refractivity contribution is -0.375. The first-order chi connectivity index (χ1) is 25.1. The minimum absolute atomic E-state index is 0.0131. The van der Waals surface area contributed by atoms with Crippen molar-refractivity contribution < 1.29 is 89.0 Å². The number of rotatable bonds is 12. The highest BCUT2D eigenvalue weighted by atomic mass is 16.8. The number of phenols is 3. The largest absolute Gasteiger partial charge is 0.508 e. The van der Waals surface area contributed by atoms with Gasteiger partial charge in [0.05, 0.1) is 18.8 Å². The number of phenolic OH excluding ortho intramolecular Hbond substituents is 3. The van der Waals surface area contributed by atoms with Crippen molar-refractivity contribution in [3.63, 3.8) is 0 Å². The first kappa shape index (κ1) is 40.7. The molecule has 15 atom stereocenters. The van der Waals surface area contributed by atoms with Crippen LogP contribution in [-0.2, 0) is 44.4 Å². The molecule has 3 saturated heterocycles. The molecule has 2 aromatic rings. The number of carbonyl (C=O) groups is 1. The second kappa shape index (κ2) is 17.8. The lowest BCUT2D eigenvalue weighted by Crippen LogP contribution is -2.65. The molecule has 53 heavy (non-hydrogen) atoms. The van der Waals surface area contributed by atoms with Gasteiger partial charge in [-0.15, -0.1) is 0 Å². The van der Waals surface area contributed by atoms with Crippen molar-refractivity contribution in [1.82, 2.24) is 0 Å². The van der Waals surface area contributed by atoms with Crippen LogP contribution in [0.3, 0.4) is 0 Å². The summed E-state index contributed by atoms with van der Waals surface area (Å²) in [4.78, 5) is 12.5. The van der Waals surface area contributed by atoms with Crippen molar-refractivity contribution >= 4 is 12.0 Å². The van der Waals surface area contributed by atoms with Gasteiger partial charge in [-0.1, -0.05) is 18.2 Å². The van der Waals surface area contributed by atoms with E-state index in [-0.39, 0.29) is 18.1 Å². The smallest absolute Gasteiger partial charge is 0.330 e. The Bertz CT molecular complexity index is 1520. The second-order valence-corrected chi connectivity index (χ2v) is 13.1. The monoisotopic (exact) mass is 754 g/mol. The van der Waals surface area contributed by atoms with Gasteiger partial charge < -0.3 is 84.2 Å². The topological polar surface area (TPSA) is 284 Å². The summed E-state index contributed by atoms with van der Waals surface area (Å²) in [6, 6.07) is 10.2. The van der Waals surface area contributed by atoms with E-state index in [1.54, 1.807) is 12.1 Å². The SMILES string of the molecule is C[C@@H]1O[C@@H](O[C@@H]2[C@@H](O)[C@@H](O)[C@H](O[C@@H]3[C@@H](O)[C@H](OCCc4ccc(O)cc4)O[C@H](COC(=O)/C=C/c4ccc(O)c(O)c4)[C@H]3O)O[C@H]2C)[C@H](O)[C@H](O)[C@H]1O. The molecular formula is C35H46O18. The standard InChI is InChI=1S/C35H46O18/c1-15-24(40)26(42)28(44)34(49-15)52-31-16(2)50-35(29(45)27(31)43)53-32-25(41)22(14-48-23(39)10-6-18-5-9-20(37)21(38)13-18)51-33(30(32)46)47-12-11-17-3-7-19(36)8-4-17/h3-10,13,15-16,22,24-38,40-46H,11-12,14H2,1-2H3/b10-6+/t15-,16-,22+,24-,25+,26+,27-,28+,29+,30+,31-,32-,33+,34-,35-/m0/s1. The predicted molar refractivity (Wildman–Crippen MR) is 177 cm³/mol. The summed E-state index contributed by atoms with van der Waals surface area (Å²) in [6.45, 7) is 2.31. The molecule has 0 saturated carbocycles. The zero-order valence-electron chi connectivity index (χ0n) is 28.7. The van der Waals surface area contributed by atoms with Gasteiger partial charge in [-0.2, -0.15) is 0 Å². The van der Waals surface area contributed by atoms with Crippen molar-refractivity contribution in [1.29, 1.82) is 0 Å². The minimum Gasteiger partial charge on any atom is -0.508 e. The number of esters is 1. The van der Waals surface area contributed by atoms with Crippen LogP contribution >= 0.6 is 0 Å². The Balaban J connectivity index is 1.26. The molecule has 0 spiro atoms. The number of hydrogen-bond acceptors (Lipinski definition) is 18. The van der Waals surface area contributed by atoms with Crippen molar-refractivity contribution in [2.24, 2.45) is 0 Å². The summed E-state index contributed by atoms with van der Waals surface area (Å²) in [5.41, 5.74) is 1.15. The van der Waals surface area contributed by atoms with E-state index in [2.05, 4.69) is 0 Å². The lowest BCUT2D eigenvalue weighted by atomic mass is 9.96. The summed E-state index contributed by atoms with van der Waals surface area (Å²) in [5.74, 6) is -1.55. The van der Waals surface area contributed by atoms with Gasteiger partial charge >= 0.3 is 5.97 Å². The van der Waals surface area contributed by atoms with Crippen molar-refractivity contribution in [3.05, 3.63) is 59.7 Å². The maximum atomic E-state index is 12.5. The molecule has 5 rings (SSSR count). The molecule has 2 aromatic carbocycles. The Labute approximate surface area is 303 Å². The average molecular weight is 755 g/mol. The first-order valence-corrected chi connectivity index (χ1v) is 16.9. The van der Waals surface area contributed by atoms with Gasteiger partial charge in [0.2, 0.25) is 0 Å². The number of carbonyl (C=O) groups excluding carboxylic acids is 1. The zero-order valence-corrected chi connectivity index (χ0v) is 28.7. The average Bonchev–Trinajstić information content (AvgIpc) is 3.13. The second-order valence-electron chi connectivity index (χ2n) is 13.1. The van der Waals surface area contributed by atoms with Crippen LogP contribution in [0.4, 0.5) is 0 Å². The zero-order chi connectivity index (χ0) is 38.6. The highest BCUT2D eigenvalue weighted by Crippen LogP contribution is 2.33. The van der Waals surface area contributed by atoms with Gasteiger partial charge in [0, 0.05) is 6.08 Å². The van der Waals surface area contributed by atoms with Gasteiger partial charge in [0.15, 0.2) is 30.4 Å². The van der Waals surface area contributed by atoms with E-state index < -0.39 is 110 Å². The van der Waals surface area contributed by atoms with Crippen LogP contribution in [-0.4, -0.2) is 162 Å². The third kappa shape index (κ3) is 9.80. The Morgan fingerprint density at radius 3 is 2.00 bits per heavy atom. The van der Waals surface area contributed by atoms with E-state index in [1.165, 1.54) is 50.3 Å². The Hall–Kier alpha value is -3.47. The molecule has 3 heterocycles. The summed E-state index contributed by atoms with van der Waals surface area (Å²) in [5, 5.41) is 104. The molecule has 0 radical (unpaired) electrons. The number of aliphatic hydroxyl groups is 7. The van der Waals surface area contributed by atoms with Crippen molar-refractivity contribution in [2.75, 3.05) is 13.2 Å². The van der Waals surface area contributed by atoms with E-state index in [4.69, 9.17) is 33.2 Å². The Morgan fingerprint density at radius 2 is 1.32 bits per heavy atom. The Kier molecular flexibility index (Phi) is 13.7. The first-order valence-electron chi connectivity index (χ1n) is 16.9. The number of hydrogen-bond donors (Lipinski definition) is 10. The van der Waals surface area contributed by atoms with Crippen LogP contribution in [0, 0.1) is 0 Å². The van der Waals surface area contributed by atoms with Crippen LogP contribution in [0.25, 0.3) is 6.08 Å². The van der Waals surface area contributed by atoms with Crippen LogP contribution in [0.2, 0.25) is 0 Å². The van der Waals surface area contributed by atoms with Crippen LogP contribution in [0.1, 0.15) is 25.0 Å². The summed E-state index contributed by atoms with van der Waals surface area (Å²) in [6.07, 6.45) is -20.1. The molecule has 294 valence electrons. The van der Waals surface area contributed by atoms with Gasteiger partial charge in [0.1, 0.15) is 73.4 Å². The lowest BCUT2D eigenvalue weighted by Gasteiger charge is -2.47. The van der Waals surface area contributed by atoms with Crippen LogP contribution in [0.15, 0.2) is 48.5 Å². The molecule has 0 amide bonds. The maximum Gasteiger partial charge on any atom is 0.330 e. The van der Waals surface area contributed by atoms with Gasteiger partial charge in [0.25, 0.3) is 0 Å². The van der Waals surface area contributed by atoms with Gasteiger partial charge in [-0.05, 0) is 61.7 Å². The van der Waals surface area contributed by atoms with Crippen molar-refractivity contribution in [3.8, 4) is 17.2 Å². The van der Waals surface area contributed by atoms with Crippen LogP contribution in [0.5, 0.6) is 17.2 Å². The van der Waals surface area contributed by atoms with E-state index in [1.807, 2.05) is 0 Å². The molecular weight excluding hydrogens is 708 g/mol. The highest BCUT2D eigenvalue weighted by molar-refractivity contribution is 5.87. The molecule has 0 bridgehead atoms. The molecule has 18 nitrogen and oxygen atoms in total. The minimum atomic E-state index is -1.86. The third-order valence-corrected chi connectivity index (χ3v) is 9.22. The van der Waals surface area contributed by atoms with E-state index in [9.17, 15) is 55.9 Å². The van der Waals surface area contributed by atoms with Gasteiger partial charge in [-0.25, -0.2) is 4.79 Å². The van der Waals surface area contributed by atoms with Gasteiger partial charge in [-0.3, -0.25) is 0 Å². The molecule has 10 N–H and O–H groups in total. The van der Waals surface area contributed by atoms with E-state index in [0.717, 1.165) is 11.6 Å². The molecule has 18 heteroatoms. The number of benzene rings is 2. The van der Waals surface area contributed by atoms with Crippen molar-refractivity contribution in [2.45, 2.75) is 112 Å². The Morgan fingerprint density at radius 1 is 0.679 bits per heavy atom. The quantitative estimate of drug-likeness (QED) is 0.0645. The molecule has 0 aliphatic carbocycles. The molecule has 3 fully saturated rings. The maximum absolute atomic E-state index is 12.5. The molecule has 3 aliphatic heterocycles.